The van der Waals surface area contributed by atoms with Gasteiger partial charge in [0.2, 0.25) is 11.8 Å². The van der Waals surface area contributed by atoms with Gasteiger partial charge in [-0.3, -0.25) is 14.4 Å². The molecule has 1 aromatic rings. The van der Waals surface area contributed by atoms with Crippen LogP contribution in [0, 0.1) is 5.82 Å². The maximum Gasteiger partial charge on any atom is 0.254 e. The largest absolute Gasteiger partial charge is 0.342 e. The molecule has 0 aromatic heterocycles. The van der Waals surface area contributed by atoms with Crippen molar-refractivity contribution >= 4 is 17.7 Å². The van der Waals surface area contributed by atoms with Crippen molar-refractivity contribution in [1.82, 2.24) is 15.1 Å². The van der Waals surface area contributed by atoms with Crippen LogP contribution in [-0.4, -0.2) is 65.8 Å². The average molecular weight is 362 g/mol. The molecule has 1 aromatic carbocycles. The lowest BCUT2D eigenvalue weighted by Crippen LogP contribution is -2.69. The standard InChI is InChI=1S/C18H23FN4O3/c19-13-6-4-12(5-7-13)17(25)22-9-10-23-15(11-22)16(24)21-14(18(23)26)3-1-2-8-20/h4-7,14-15H,1-3,8-11,20H2,(H,21,24)/t14-,15+/m0/s1. The minimum Gasteiger partial charge on any atom is -0.342 e. The summed E-state index contributed by atoms with van der Waals surface area (Å²) in [6, 6.07) is 4.11. The fraction of sp³-hybridized carbons (Fsp3) is 0.500. The second-order valence-corrected chi connectivity index (χ2v) is 6.65. The van der Waals surface area contributed by atoms with Gasteiger partial charge in [0.05, 0.1) is 6.54 Å². The summed E-state index contributed by atoms with van der Waals surface area (Å²) in [5.41, 5.74) is 5.83. The third-order valence-corrected chi connectivity index (χ3v) is 4.91. The van der Waals surface area contributed by atoms with E-state index >= 15 is 0 Å². The van der Waals surface area contributed by atoms with Crippen LogP contribution in [0.3, 0.4) is 0 Å². The molecule has 3 rings (SSSR count). The third-order valence-electron chi connectivity index (χ3n) is 4.91. The summed E-state index contributed by atoms with van der Waals surface area (Å²) in [6.45, 7) is 1.36. The van der Waals surface area contributed by atoms with Gasteiger partial charge in [-0.15, -0.1) is 0 Å². The number of carbonyl (C=O) groups is 3. The molecule has 3 amide bonds. The minimum absolute atomic E-state index is 0.0968. The van der Waals surface area contributed by atoms with Gasteiger partial charge in [0, 0.05) is 18.7 Å². The van der Waals surface area contributed by atoms with E-state index in [1.807, 2.05) is 0 Å². The fourth-order valence-corrected chi connectivity index (χ4v) is 3.45. The van der Waals surface area contributed by atoms with Crippen molar-refractivity contribution < 1.29 is 18.8 Å². The number of rotatable bonds is 5. The third kappa shape index (κ3) is 3.70. The number of halogens is 1. The summed E-state index contributed by atoms with van der Waals surface area (Å²) in [4.78, 5) is 40.7. The van der Waals surface area contributed by atoms with Crippen LogP contribution in [0.15, 0.2) is 24.3 Å². The smallest absolute Gasteiger partial charge is 0.254 e. The van der Waals surface area contributed by atoms with Crippen LogP contribution in [0.25, 0.3) is 0 Å². The Labute approximate surface area is 151 Å². The average Bonchev–Trinajstić information content (AvgIpc) is 2.65. The molecule has 140 valence electrons. The van der Waals surface area contributed by atoms with E-state index in [0.29, 0.717) is 31.6 Å². The second-order valence-electron chi connectivity index (χ2n) is 6.65. The van der Waals surface area contributed by atoms with E-state index in [2.05, 4.69) is 5.32 Å². The van der Waals surface area contributed by atoms with Crippen molar-refractivity contribution in [1.29, 1.82) is 0 Å². The normalized spacial score (nSPS) is 22.8. The van der Waals surface area contributed by atoms with Gasteiger partial charge in [-0.2, -0.15) is 0 Å². The van der Waals surface area contributed by atoms with E-state index in [1.54, 1.807) is 4.90 Å². The topological polar surface area (TPSA) is 95.7 Å². The molecule has 0 radical (unpaired) electrons. The van der Waals surface area contributed by atoms with E-state index in [4.69, 9.17) is 5.73 Å². The molecule has 0 saturated carbocycles. The van der Waals surface area contributed by atoms with Crippen LogP contribution in [0.4, 0.5) is 4.39 Å². The molecule has 2 aliphatic heterocycles. The highest BCUT2D eigenvalue weighted by molar-refractivity contribution is 5.99. The van der Waals surface area contributed by atoms with Crippen molar-refractivity contribution in [2.45, 2.75) is 31.3 Å². The van der Waals surface area contributed by atoms with E-state index in [9.17, 15) is 18.8 Å². The molecule has 0 spiro atoms. The zero-order valence-electron chi connectivity index (χ0n) is 14.5. The molecule has 26 heavy (non-hydrogen) atoms. The maximum atomic E-state index is 13.0. The first-order valence-electron chi connectivity index (χ1n) is 8.87. The van der Waals surface area contributed by atoms with Crippen molar-refractivity contribution in [2.24, 2.45) is 5.73 Å². The molecular formula is C18H23FN4O3. The Balaban J connectivity index is 1.65. The Morgan fingerprint density at radius 2 is 1.92 bits per heavy atom. The molecule has 0 aliphatic carbocycles. The van der Waals surface area contributed by atoms with Gasteiger partial charge >= 0.3 is 0 Å². The molecule has 2 saturated heterocycles. The van der Waals surface area contributed by atoms with E-state index in [-0.39, 0.29) is 24.3 Å². The summed E-state index contributed by atoms with van der Waals surface area (Å²) in [5, 5.41) is 2.77. The Morgan fingerprint density at radius 3 is 2.62 bits per heavy atom. The lowest BCUT2D eigenvalue weighted by molar-refractivity contribution is -0.152. The molecule has 3 N–H and O–H groups in total. The Kier molecular flexibility index (Phi) is 5.51. The number of fused-ring (bicyclic) bond motifs is 1. The summed E-state index contributed by atoms with van der Waals surface area (Å²) in [5.74, 6) is -1.02. The number of nitrogens with one attached hydrogen (secondary N) is 1. The van der Waals surface area contributed by atoms with Gasteiger partial charge in [0.15, 0.2) is 0 Å². The molecule has 0 bridgehead atoms. The molecule has 8 heteroatoms. The second kappa shape index (κ2) is 7.82. The molecular weight excluding hydrogens is 339 g/mol. The Hall–Kier alpha value is -2.48. The van der Waals surface area contributed by atoms with Gasteiger partial charge in [-0.1, -0.05) is 0 Å². The Bertz CT molecular complexity index is 694. The minimum atomic E-state index is -0.675. The molecule has 2 atom stereocenters. The first kappa shape index (κ1) is 18.3. The maximum absolute atomic E-state index is 13.0. The van der Waals surface area contributed by atoms with E-state index in [1.165, 1.54) is 29.2 Å². The summed E-state index contributed by atoms with van der Waals surface area (Å²) >= 11 is 0. The van der Waals surface area contributed by atoms with Crippen LogP contribution in [0.1, 0.15) is 29.6 Å². The quantitative estimate of drug-likeness (QED) is 0.727. The Morgan fingerprint density at radius 1 is 1.19 bits per heavy atom. The van der Waals surface area contributed by atoms with Crippen molar-refractivity contribution in [3.63, 3.8) is 0 Å². The van der Waals surface area contributed by atoms with Crippen LogP contribution in [0.5, 0.6) is 0 Å². The number of nitrogens with zero attached hydrogens (tertiary/aromatic N) is 2. The van der Waals surface area contributed by atoms with Gasteiger partial charge in [0.1, 0.15) is 17.9 Å². The summed E-state index contributed by atoms with van der Waals surface area (Å²) in [7, 11) is 0. The highest BCUT2D eigenvalue weighted by Gasteiger charge is 2.43. The van der Waals surface area contributed by atoms with Crippen molar-refractivity contribution in [3.8, 4) is 0 Å². The molecule has 2 fully saturated rings. The molecule has 0 unspecified atom stereocenters. The monoisotopic (exact) mass is 362 g/mol. The lowest BCUT2D eigenvalue weighted by atomic mass is 10.00. The van der Waals surface area contributed by atoms with E-state index < -0.39 is 17.9 Å². The number of hydrogen-bond acceptors (Lipinski definition) is 4. The van der Waals surface area contributed by atoms with Crippen molar-refractivity contribution in [3.05, 3.63) is 35.6 Å². The predicted octanol–water partition coefficient (Wildman–Crippen LogP) is 0.106. The molecule has 2 heterocycles. The number of hydrogen-bond donors (Lipinski definition) is 2. The van der Waals surface area contributed by atoms with Gasteiger partial charge < -0.3 is 20.9 Å². The first-order chi connectivity index (χ1) is 12.5. The van der Waals surface area contributed by atoms with E-state index in [0.717, 1.165) is 12.8 Å². The number of benzene rings is 1. The van der Waals surface area contributed by atoms with Crippen LogP contribution < -0.4 is 11.1 Å². The van der Waals surface area contributed by atoms with Crippen LogP contribution in [-0.2, 0) is 9.59 Å². The molecule has 2 aliphatic rings. The number of piperazine rings is 2. The summed E-state index contributed by atoms with van der Waals surface area (Å²) < 4.78 is 13.0. The van der Waals surface area contributed by atoms with Crippen LogP contribution >= 0.6 is 0 Å². The van der Waals surface area contributed by atoms with Gasteiger partial charge in [0.25, 0.3) is 5.91 Å². The highest BCUT2D eigenvalue weighted by Crippen LogP contribution is 2.20. The zero-order chi connectivity index (χ0) is 18.7. The van der Waals surface area contributed by atoms with Crippen LogP contribution in [0.2, 0.25) is 0 Å². The number of amides is 3. The number of nitrogens with two attached hydrogens (primary N) is 1. The summed E-state index contributed by atoms with van der Waals surface area (Å²) in [6.07, 6.45) is 2.16. The number of unbranched alkanes of at least 4 members (excludes halogenated alkanes) is 1. The highest BCUT2D eigenvalue weighted by atomic mass is 19.1. The zero-order valence-corrected chi connectivity index (χ0v) is 14.5. The molecule has 7 nitrogen and oxygen atoms in total. The lowest BCUT2D eigenvalue weighted by Gasteiger charge is -2.45. The first-order valence-corrected chi connectivity index (χ1v) is 8.87. The van der Waals surface area contributed by atoms with Crippen molar-refractivity contribution in [2.75, 3.05) is 26.2 Å². The fourth-order valence-electron chi connectivity index (χ4n) is 3.45. The predicted molar refractivity (Wildman–Crippen MR) is 92.6 cm³/mol. The number of carbonyl (C=O) groups excluding carboxylic acids is 3. The van der Waals surface area contributed by atoms with Gasteiger partial charge in [-0.05, 0) is 50.1 Å². The van der Waals surface area contributed by atoms with Gasteiger partial charge in [-0.25, -0.2) is 4.39 Å². The SMILES string of the molecule is NCCCC[C@@H]1NC(=O)[C@H]2CN(C(=O)c3ccc(F)cc3)CCN2C1=O.